The van der Waals surface area contributed by atoms with Gasteiger partial charge in [0, 0.05) is 0 Å². The van der Waals surface area contributed by atoms with Crippen molar-refractivity contribution < 1.29 is 0 Å². The molecule has 0 fully saturated rings. The molecule has 1 heteroatoms. The van der Waals surface area contributed by atoms with Gasteiger partial charge >= 0.3 is 86.3 Å². The molecule has 0 amide bonds. The molecule has 71 valence electrons. The van der Waals surface area contributed by atoms with Gasteiger partial charge in [-0.2, -0.15) is 0 Å². The van der Waals surface area contributed by atoms with E-state index < -0.39 is 14.3 Å². The van der Waals surface area contributed by atoms with Gasteiger partial charge in [0.1, 0.15) is 0 Å². The third-order valence-electron chi connectivity index (χ3n) is 2.35. The zero-order valence-corrected chi connectivity index (χ0v) is 11.1. The van der Waals surface area contributed by atoms with E-state index in [2.05, 4.69) is 58.0 Å². The molecule has 0 aliphatic heterocycles. The number of rotatable bonds is 3. The van der Waals surface area contributed by atoms with E-state index in [1.54, 1.807) is 4.40 Å². The third kappa shape index (κ3) is 2.87. The third-order valence-corrected chi connectivity index (χ3v) is 9.67. The minimum absolute atomic E-state index is 0.891. The first-order chi connectivity index (χ1) is 6.13. The molecule has 0 aliphatic carbocycles. The van der Waals surface area contributed by atoms with Gasteiger partial charge in [-0.05, 0) is 0 Å². The quantitative estimate of drug-likeness (QED) is 0.706. The van der Waals surface area contributed by atoms with Crippen LogP contribution in [0.4, 0.5) is 0 Å². The van der Waals surface area contributed by atoms with Gasteiger partial charge < -0.3 is 0 Å². The van der Waals surface area contributed by atoms with Crippen LogP contribution in [0.5, 0.6) is 0 Å². The summed E-state index contributed by atoms with van der Waals surface area (Å²) in [6.45, 7) is 9.51. The molecule has 1 radical (unpaired) electrons. The van der Waals surface area contributed by atoms with Crippen molar-refractivity contribution in [3.63, 3.8) is 0 Å². The molecule has 0 N–H and O–H groups in total. The second-order valence-corrected chi connectivity index (χ2v) is 12.1. The van der Waals surface area contributed by atoms with Crippen LogP contribution >= 0.6 is 0 Å². The van der Waals surface area contributed by atoms with Crippen molar-refractivity contribution in [2.45, 2.75) is 37.2 Å². The van der Waals surface area contributed by atoms with Gasteiger partial charge in [-0.1, -0.05) is 0 Å². The van der Waals surface area contributed by atoms with E-state index in [4.69, 9.17) is 0 Å². The summed E-state index contributed by atoms with van der Waals surface area (Å²) in [6, 6.07) is 11.1. The summed E-state index contributed by atoms with van der Waals surface area (Å²) >= 11 is -1.03. The molecule has 13 heavy (non-hydrogen) atoms. The molecule has 0 bridgehead atoms. The Morgan fingerprint density at radius 1 is 0.846 bits per heavy atom. The minimum atomic E-state index is -1.03. The normalized spacial score (nSPS) is 11.6. The van der Waals surface area contributed by atoms with Gasteiger partial charge in [-0.3, -0.25) is 0 Å². The molecule has 0 aromatic heterocycles. The average molecular weight is 236 g/mol. The van der Waals surface area contributed by atoms with Crippen LogP contribution in [-0.2, 0) is 0 Å². The molecule has 0 unspecified atom stereocenters. The number of hydrogen-bond acceptors (Lipinski definition) is 0. The van der Waals surface area contributed by atoms with Crippen molar-refractivity contribution in [3.8, 4) is 0 Å². The maximum atomic E-state index is 2.38. The fourth-order valence-corrected chi connectivity index (χ4v) is 8.77. The van der Waals surface area contributed by atoms with Crippen LogP contribution in [0, 0.1) is 0 Å². The van der Waals surface area contributed by atoms with E-state index in [9.17, 15) is 0 Å². The first-order valence-corrected chi connectivity index (χ1v) is 8.52. The molecule has 0 saturated heterocycles. The van der Waals surface area contributed by atoms with Crippen LogP contribution in [0.25, 0.3) is 0 Å². The Morgan fingerprint density at radius 3 is 1.69 bits per heavy atom. The van der Waals surface area contributed by atoms with Crippen LogP contribution < -0.4 is 4.40 Å². The Kier molecular flexibility index (Phi) is 4.04. The van der Waals surface area contributed by atoms with Crippen molar-refractivity contribution in [2.24, 2.45) is 0 Å². The standard InChI is InChI=1S/C12H19Ge/c1-10(2)13(11(3)4)12-8-6-5-7-9-12/h5-11H,1-4H3. The van der Waals surface area contributed by atoms with Crippen LogP contribution in [0.1, 0.15) is 27.7 Å². The van der Waals surface area contributed by atoms with Crippen molar-refractivity contribution in [1.82, 2.24) is 0 Å². The summed E-state index contributed by atoms with van der Waals surface area (Å²) in [4.78, 5) is 0. The molecule has 0 atom stereocenters. The van der Waals surface area contributed by atoms with E-state index >= 15 is 0 Å². The summed E-state index contributed by atoms with van der Waals surface area (Å²) in [5, 5.41) is 0. The van der Waals surface area contributed by atoms with Crippen LogP contribution in [0.2, 0.25) is 9.50 Å². The molecule has 0 nitrogen and oxygen atoms in total. The van der Waals surface area contributed by atoms with Crippen molar-refractivity contribution in [2.75, 3.05) is 0 Å². The predicted molar refractivity (Wildman–Crippen MR) is 62.0 cm³/mol. The second kappa shape index (κ2) is 4.85. The van der Waals surface area contributed by atoms with Gasteiger partial charge in [0.15, 0.2) is 0 Å². The first kappa shape index (κ1) is 10.8. The molecule has 1 aromatic carbocycles. The Hall–Kier alpha value is -0.237. The summed E-state index contributed by atoms with van der Waals surface area (Å²) in [5.41, 5.74) is 0. The summed E-state index contributed by atoms with van der Waals surface area (Å²) in [5.74, 6) is 0. The van der Waals surface area contributed by atoms with Crippen molar-refractivity contribution in [3.05, 3.63) is 30.3 Å². The van der Waals surface area contributed by atoms with E-state index in [-0.39, 0.29) is 0 Å². The van der Waals surface area contributed by atoms with Crippen molar-refractivity contribution in [1.29, 1.82) is 0 Å². The molecular weight excluding hydrogens is 217 g/mol. The van der Waals surface area contributed by atoms with Gasteiger partial charge in [-0.25, -0.2) is 0 Å². The molecule has 1 rings (SSSR count). The molecule has 0 heterocycles. The van der Waals surface area contributed by atoms with Gasteiger partial charge in [0.05, 0.1) is 0 Å². The van der Waals surface area contributed by atoms with Gasteiger partial charge in [-0.15, -0.1) is 0 Å². The molecule has 1 aromatic rings. The van der Waals surface area contributed by atoms with E-state index in [0.29, 0.717) is 0 Å². The zero-order chi connectivity index (χ0) is 9.84. The van der Waals surface area contributed by atoms with E-state index in [1.807, 2.05) is 0 Å². The molecular formula is C12H19Ge. The second-order valence-electron chi connectivity index (χ2n) is 4.13. The van der Waals surface area contributed by atoms with Crippen molar-refractivity contribution >= 4 is 18.7 Å². The Bertz CT molecular complexity index is 231. The molecule has 0 saturated carbocycles. The van der Waals surface area contributed by atoms with E-state index in [1.165, 1.54) is 0 Å². The fourth-order valence-electron chi connectivity index (χ4n) is 1.96. The monoisotopic (exact) mass is 237 g/mol. The topological polar surface area (TPSA) is 0 Å². The fraction of sp³-hybridized carbons (Fsp3) is 0.500. The number of hydrogen-bond donors (Lipinski definition) is 0. The summed E-state index contributed by atoms with van der Waals surface area (Å²) in [6.07, 6.45) is 0. The van der Waals surface area contributed by atoms with E-state index in [0.717, 1.165) is 9.50 Å². The number of benzene rings is 1. The Morgan fingerprint density at radius 2 is 1.31 bits per heavy atom. The summed E-state index contributed by atoms with van der Waals surface area (Å²) < 4.78 is 3.43. The molecule has 0 spiro atoms. The van der Waals surface area contributed by atoms with Crippen LogP contribution in [0.3, 0.4) is 0 Å². The van der Waals surface area contributed by atoms with Gasteiger partial charge in [0.2, 0.25) is 0 Å². The maximum absolute atomic E-state index is 2.38. The zero-order valence-electron chi connectivity index (χ0n) is 9.04. The summed E-state index contributed by atoms with van der Waals surface area (Å²) in [7, 11) is 0. The SMILES string of the molecule is C[CH](C)[Ge]([c]1ccccc1)[CH](C)C. The average Bonchev–Trinajstić information content (AvgIpc) is 2.04. The predicted octanol–water partition coefficient (Wildman–Crippen LogP) is 3.21. The van der Waals surface area contributed by atoms with Crippen LogP contribution in [-0.4, -0.2) is 14.3 Å². The first-order valence-electron chi connectivity index (χ1n) is 5.05. The van der Waals surface area contributed by atoms with Gasteiger partial charge in [0.25, 0.3) is 0 Å². The Balaban J connectivity index is 2.89. The Labute approximate surface area is 86.5 Å². The van der Waals surface area contributed by atoms with Crippen LogP contribution in [0.15, 0.2) is 30.3 Å². The molecule has 0 aliphatic rings.